The van der Waals surface area contributed by atoms with Gasteiger partial charge in [0.05, 0.1) is 23.7 Å². The molecule has 0 radical (unpaired) electrons. The monoisotopic (exact) mass is 463 g/mol. The summed E-state index contributed by atoms with van der Waals surface area (Å²) in [5.74, 6) is -0.0345. The molecule has 0 saturated carbocycles. The smallest absolute Gasteiger partial charge is 0.246 e. The molecule has 1 saturated heterocycles. The molecule has 33 heavy (non-hydrogen) atoms. The maximum Gasteiger partial charge on any atom is 0.246 e. The Bertz CT molecular complexity index is 1290. The van der Waals surface area contributed by atoms with Gasteiger partial charge in [0, 0.05) is 36.5 Å². The number of rotatable bonds is 6. The molecular weight excluding hydrogens is 434 g/mol. The molecule has 0 spiro atoms. The lowest BCUT2D eigenvalue weighted by Crippen LogP contribution is -2.36. The normalized spacial score (nSPS) is 17.5. The van der Waals surface area contributed by atoms with Gasteiger partial charge in [0.2, 0.25) is 5.91 Å². The van der Waals surface area contributed by atoms with Crippen LogP contribution < -0.4 is 0 Å². The number of hydrogen-bond acceptors (Lipinski definition) is 4. The van der Waals surface area contributed by atoms with E-state index in [2.05, 4.69) is 38.1 Å². The minimum atomic E-state index is -3.05. The van der Waals surface area contributed by atoms with Crippen molar-refractivity contribution in [1.82, 2.24) is 14.7 Å². The Balaban J connectivity index is 1.62. The van der Waals surface area contributed by atoms with Crippen LogP contribution in [0.25, 0.3) is 17.3 Å². The van der Waals surface area contributed by atoms with E-state index in [0.29, 0.717) is 13.0 Å². The highest BCUT2D eigenvalue weighted by molar-refractivity contribution is 7.91. The third kappa shape index (κ3) is 5.42. The molecule has 2 aromatic carbocycles. The summed E-state index contributed by atoms with van der Waals surface area (Å²) in [6.07, 6.45) is 5.73. The number of carbonyl (C=O) groups is 1. The van der Waals surface area contributed by atoms with Gasteiger partial charge in [0.25, 0.3) is 0 Å². The van der Waals surface area contributed by atoms with E-state index in [-0.39, 0.29) is 23.5 Å². The molecular formula is C26H29N3O3S. The minimum Gasteiger partial charge on any atom is -0.338 e. The van der Waals surface area contributed by atoms with Crippen LogP contribution in [0.3, 0.4) is 0 Å². The highest BCUT2D eigenvalue weighted by Gasteiger charge is 2.32. The van der Waals surface area contributed by atoms with Crippen LogP contribution in [0, 0.1) is 13.8 Å². The number of nitrogens with zero attached hydrogens (tertiary/aromatic N) is 3. The van der Waals surface area contributed by atoms with Crippen LogP contribution >= 0.6 is 0 Å². The van der Waals surface area contributed by atoms with E-state index >= 15 is 0 Å². The Morgan fingerprint density at radius 2 is 1.91 bits per heavy atom. The predicted molar refractivity (Wildman–Crippen MR) is 132 cm³/mol. The van der Waals surface area contributed by atoms with Crippen molar-refractivity contribution in [2.75, 3.05) is 18.6 Å². The van der Waals surface area contributed by atoms with Gasteiger partial charge in [-0.15, -0.1) is 0 Å². The molecule has 1 unspecified atom stereocenters. The van der Waals surface area contributed by atoms with Gasteiger partial charge < -0.3 is 4.90 Å². The number of hydrogen-bond donors (Lipinski definition) is 0. The summed E-state index contributed by atoms with van der Waals surface area (Å²) >= 11 is 0. The quantitative estimate of drug-likeness (QED) is 0.520. The molecule has 6 nitrogen and oxygen atoms in total. The molecule has 0 aliphatic carbocycles. The molecule has 1 aromatic heterocycles. The summed E-state index contributed by atoms with van der Waals surface area (Å²) in [5.41, 5.74) is 6.17. The first-order valence-corrected chi connectivity index (χ1v) is 12.9. The Morgan fingerprint density at radius 3 is 2.58 bits per heavy atom. The average molecular weight is 464 g/mol. The van der Waals surface area contributed by atoms with Gasteiger partial charge in [-0.25, -0.2) is 8.42 Å². The lowest BCUT2D eigenvalue weighted by Gasteiger charge is -2.21. The van der Waals surface area contributed by atoms with Gasteiger partial charge >= 0.3 is 0 Å². The highest BCUT2D eigenvalue weighted by Crippen LogP contribution is 2.26. The fraction of sp³-hybridized carbons (Fsp3) is 0.308. The summed E-state index contributed by atoms with van der Waals surface area (Å²) in [7, 11) is -1.38. The van der Waals surface area contributed by atoms with E-state index in [4.69, 9.17) is 5.10 Å². The average Bonchev–Trinajstić information content (AvgIpc) is 3.36. The molecule has 1 aliphatic heterocycles. The number of aryl methyl sites for hydroxylation is 2. The fourth-order valence-corrected chi connectivity index (χ4v) is 5.84. The van der Waals surface area contributed by atoms with Crippen molar-refractivity contribution in [3.05, 3.63) is 83.1 Å². The van der Waals surface area contributed by atoms with Crippen LogP contribution in [0.4, 0.5) is 0 Å². The zero-order valence-corrected chi connectivity index (χ0v) is 20.0. The van der Waals surface area contributed by atoms with Crippen LogP contribution in [-0.4, -0.2) is 53.6 Å². The van der Waals surface area contributed by atoms with Crippen LogP contribution in [0.5, 0.6) is 0 Å². The molecule has 7 heteroatoms. The molecule has 1 atom stereocenters. The number of likely N-dealkylation sites (N-methyl/N-ethyl adjacent to an activating group) is 1. The van der Waals surface area contributed by atoms with Gasteiger partial charge in [-0.05, 0) is 49.1 Å². The number of aromatic nitrogens is 2. The third-order valence-electron chi connectivity index (χ3n) is 6.27. The molecule has 172 valence electrons. The van der Waals surface area contributed by atoms with E-state index in [9.17, 15) is 13.2 Å². The van der Waals surface area contributed by atoms with E-state index in [1.807, 2.05) is 35.1 Å². The van der Waals surface area contributed by atoms with Crippen LogP contribution in [0.2, 0.25) is 0 Å². The second-order valence-electron chi connectivity index (χ2n) is 8.75. The van der Waals surface area contributed by atoms with Crippen LogP contribution in [0.1, 0.15) is 28.7 Å². The molecule has 3 aromatic rings. The zero-order valence-electron chi connectivity index (χ0n) is 19.2. The lowest BCUT2D eigenvalue weighted by atomic mass is 10.0. The van der Waals surface area contributed by atoms with Crippen molar-refractivity contribution in [2.24, 2.45) is 0 Å². The number of sulfone groups is 1. The van der Waals surface area contributed by atoms with Crippen LogP contribution in [0.15, 0.2) is 60.8 Å². The molecule has 0 bridgehead atoms. The summed E-state index contributed by atoms with van der Waals surface area (Å²) in [6.45, 7) is 4.77. The fourth-order valence-electron chi connectivity index (χ4n) is 4.06. The van der Waals surface area contributed by atoms with Crippen molar-refractivity contribution in [3.63, 3.8) is 0 Å². The Labute approximate surface area is 195 Å². The van der Waals surface area contributed by atoms with E-state index in [1.54, 1.807) is 13.1 Å². The van der Waals surface area contributed by atoms with Gasteiger partial charge in [-0.2, -0.15) is 5.10 Å². The van der Waals surface area contributed by atoms with Gasteiger partial charge in [0.1, 0.15) is 0 Å². The first kappa shape index (κ1) is 23.0. The number of benzene rings is 2. The Hall–Kier alpha value is -3.19. The second-order valence-corrected chi connectivity index (χ2v) is 11.0. The van der Waals surface area contributed by atoms with Crippen molar-refractivity contribution in [2.45, 2.75) is 32.9 Å². The summed E-state index contributed by atoms with van der Waals surface area (Å²) in [5, 5.41) is 4.83. The SMILES string of the molecule is Cc1ccc(-c2nn(Cc3ccccc3)cc2C=CC(=O)N(C)C2CCS(=O)(=O)C2)cc1C. The summed E-state index contributed by atoms with van der Waals surface area (Å²) < 4.78 is 25.5. The zero-order chi connectivity index (χ0) is 23.6. The van der Waals surface area contributed by atoms with Crippen molar-refractivity contribution >= 4 is 21.8 Å². The molecule has 4 rings (SSSR count). The molecule has 1 aliphatic rings. The number of carbonyl (C=O) groups excluding carboxylic acids is 1. The molecule has 2 heterocycles. The van der Waals surface area contributed by atoms with Gasteiger partial charge in [-0.1, -0.05) is 42.5 Å². The first-order chi connectivity index (χ1) is 15.7. The van der Waals surface area contributed by atoms with E-state index in [0.717, 1.165) is 22.4 Å². The first-order valence-electron chi connectivity index (χ1n) is 11.1. The van der Waals surface area contributed by atoms with Crippen molar-refractivity contribution < 1.29 is 13.2 Å². The summed E-state index contributed by atoms with van der Waals surface area (Å²) in [4.78, 5) is 14.3. The predicted octanol–water partition coefficient (Wildman–Crippen LogP) is 3.87. The topological polar surface area (TPSA) is 72.3 Å². The summed E-state index contributed by atoms with van der Waals surface area (Å²) in [6, 6.07) is 16.1. The van der Waals surface area contributed by atoms with E-state index < -0.39 is 9.84 Å². The van der Waals surface area contributed by atoms with E-state index in [1.165, 1.54) is 22.1 Å². The molecule has 0 N–H and O–H groups in total. The third-order valence-corrected chi connectivity index (χ3v) is 8.02. The van der Waals surface area contributed by atoms with Crippen molar-refractivity contribution in [3.8, 4) is 11.3 Å². The molecule has 1 fully saturated rings. The standard InChI is InChI=1S/C26H29N3O3S/c1-19-9-10-22(15-20(19)2)26-23(17-29(27-26)16-21-7-5-4-6-8-21)11-12-25(30)28(3)24-13-14-33(31,32)18-24/h4-12,15,17,24H,13-14,16,18H2,1-3H3. The largest absolute Gasteiger partial charge is 0.338 e. The Morgan fingerprint density at radius 1 is 1.15 bits per heavy atom. The van der Waals surface area contributed by atoms with Gasteiger partial charge in [-0.3, -0.25) is 9.48 Å². The lowest BCUT2D eigenvalue weighted by molar-refractivity contribution is -0.126. The maximum atomic E-state index is 12.8. The minimum absolute atomic E-state index is 0.0337. The Kier molecular flexibility index (Phi) is 6.51. The van der Waals surface area contributed by atoms with Crippen LogP contribution in [-0.2, 0) is 21.2 Å². The molecule has 1 amide bonds. The second kappa shape index (κ2) is 9.35. The van der Waals surface area contributed by atoms with Crippen molar-refractivity contribution in [1.29, 1.82) is 0 Å². The highest BCUT2D eigenvalue weighted by atomic mass is 32.2. The maximum absolute atomic E-state index is 12.8. The number of amides is 1. The van der Waals surface area contributed by atoms with Gasteiger partial charge in [0.15, 0.2) is 9.84 Å².